The highest BCUT2D eigenvalue weighted by atomic mass is 79.9. The fraction of sp³-hybridized carbons (Fsp3) is 0.294. The molecule has 112 valence electrons. The molecule has 4 heteroatoms. The highest BCUT2D eigenvalue weighted by Crippen LogP contribution is 2.34. The standard InChI is InChI=1S/C17H16Br2ClF/c1-12-8-16(21)7-2-13(12)9-17(10-18,11-19)14-3-5-15(20)6-4-14/h2-8H,9-11H2,1H3. The van der Waals surface area contributed by atoms with E-state index in [1.165, 1.54) is 11.6 Å². The summed E-state index contributed by atoms with van der Waals surface area (Å²) in [5, 5.41) is 2.35. The van der Waals surface area contributed by atoms with E-state index in [9.17, 15) is 4.39 Å². The monoisotopic (exact) mass is 432 g/mol. The van der Waals surface area contributed by atoms with E-state index in [-0.39, 0.29) is 11.2 Å². The topological polar surface area (TPSA) is 0 Å². The first-order chi connectivity index (χ1) is 10.0. The van der Waals surface area contributed by atoms with Crippen molar-refractivity contribution < 1.29 is 4.39 Å². The lowest BCUT2D eigenvalue weighted by Crippen LogP contribution is -2.33. The molecule has 0 aliphatic heterocycles. The van der Waals surface area contributed by atoms with Gasteiger partial charge in [0.15, 0.2) is 0 Å². The predicted molar refractivity (Wildman–Crippen MR) is 95.6 cm³/mol. The normalized spacial score (nSPS) is 11.7. The average Bonchev–Trinajstić information content (AvgIpc) is 2.48. The van der Waals surface area contributed by atoms with Crippen LogP contribution in [0.1, 0.15) is 16.7 Å². The SMILES string of the molecule is Cc1cc(F)ccc1CC(CBr)(CBr)c1ccc(Cl)cc1. The molecule has 0 amide bonds. The molecular formula is C17H16Br2ClF. The van der Waals surface area contributed by atoms with Crippen LogP contribution in [0.25, 0.3) is 0 Å². The lowest BCUT2D eigenvalue weighted by atomic mass is 9.78. The summed E-state index contributed by atoms with van der Waals surface area (Å²) in [4.78, 5) is 0. The third kappa shape index (κ3) is 3.88. The van der Waals surface area contributed by atoms with Crippen molar-refractivity contribution in [2.45, 2.75) is 18.8 Å². The van der Waals surface area contributed by atoms with E-state index in [1.807, 2.05) is 25.1 Å². The molecule has 0 spiro atoms. The Morgan fingerprint density at radius 1 is 1.05 bits per heavy atom. The maximum absolute atomic E-state index is 13.3. The van der Waals surface area contributed by atoms with Crippen molar-refractivity contribution in [2.75, 3.05) is 10.7 Å². The van der Waals surface area contributed by atoms with Crippen LogP contribution in [-0.2, 0) is 11.8 Å². The first-order valence-electron chi connectivity index (χ1n) is 6.64. The van der Waals surface area contributed by atoms with Crippen LogP contribution in [0.15, 0.2) is 42.5 Å². The number of rotatable bonds is 5. The quantitative estimate of drug-likeness (QED) is 0.502. The molecular weight excluding hydrogens is 418 g/mol. The molecule has 0 atom stereocenters. The third-order valence-corrected chi connectivity index (χ3v) is 6.20. The summed E-state index contributed by atoms with van der Waals surface area (Å²) in [6.45, 7) is 1.95. The Morgan fingerprint density at radius 3 is 2.19 bits per heavy atom. The molecule has 0 unspecified atom stereocenters. The average molecular weight is 435 g/mol. The van der Waals surface area contributed by atoms with Crippen LogP contribution in [0.5, 0.6) is 0 Å². The molecule has 2 aromatic rings. The largest absolute Gasteiger partial charge is 0.207 e. The number of benzene rings is 2. The Bertz CT molecular complexity index is 607. The van der Waals surface area contributed by atoms with Crippen LogP contribution in [-0.4, -0.2) is 10.7 Å². The molecule has 2 aromatic carbocycles. The first kappa shape index (κ1) is 17.0. The summed E-state index contributed by atoms with van der Waals surface area (Å²) < 4.78 is 13.3. The van der Waals surface area contributed by atoms with Gasteiger partial charge in [0, 0.05) is 21.1 Å². The molecule has 0 fully saturated rings. The van der Waals surface area contributed by atoms with Gasteiger partial charge in [-0.1, -0.05) is 61.7 Å². The molecule has 0 radical (unpaired) electrons. The highest BCUT2D eigenvalue weighted by Gasteiger charge is 2.31. The van der Waals surface area contributed by atoms with E-state index in [2.05, 4.69) is 44.0 Å². The number of halogens is 4. The van der Waals surface area contributed by atoms with Crippen molar-refractivity contribution >= 4 is 43.5 Å². The number of hydrogen-bond donors (Lipinski definition) is 0. The van der Waals surface area contributed by atoms with Crippen molar-refractivity contribution in [1.82, 2.24) is 0 Å². The Balaban J connectivity index is 2.40. The molecule has 0 aliphatic rings. The molecule has 2 rings (SSSR count). The van der Waals surface area contributed by atoms with Crippen molar-refractivity contribution in [2.24, 2.45) is 0 Å². The molecule has 0 N–H and O–H groups in total. The van der Waals surface area contributed by atoms with Crippen molar-refractivity contribution in [1.29, 1.82) is 0 Å². The van der Waals surface area contributed by atoms with Gasteiger partial charge in [-0.2, -0.15) is 0 Å². The number of alkyl halides is 2. The zero-order valence-corrected chi connectivity index (χ0v) is 15.6. The fourth-order valence-electron chi connectivity index (χ4n) is 2.41. The molecule has 0 saturated heterocycles. The zero-order valence-electron chi connectivity index (χ0n) is 11.7. The first-order valence-corrected chi connectivity index (χ1v) is 9.26. The van der Waals surface area contributed by atoms with Gasteiger partial charge in [-0.05, 0) is 54.3 Å². The van der Waals surface area contributed by atoms with Crippen LogP contribution in [0.4, 0.5) is 4.39 Å². The van der Waals surface area contributed by atoms with E-state index in [0.717, 1.165) is 33.2 Å². The minimum Gasteiger partial charge on any atom is -0.207 e. The molecule has 0 aromatic heterocycles. The predicted octanol–water partition coefficient (Wildman–Crippen LogP) is 6.06. The molecule has 0 heterocycles. The molecule has 0 bridgehead atoms. The van der Waals surface area contributed by atoms with Crippen LogP contribution >= 0.6 is 43.5 Å². The van der Waals surface area contributed by atoms with Gasteiger partial charge in [-0.3, -0.25) is 0 Å². The van der Waals surface area contributed by atoms with Gasteiger partial charge in [0.2, 0.25) is 0 Å². The van der Waals surface area contributed by atoms with Gasteiger partial charge in [0.05, 0.1) is 0 Å². The number of aryl methyl sites for hydroxylation is 1. The Kier molecular flexibility index (Phi) is 5.87. The minimum absolute atomic E-state index is 0.0901. The van der Waals surface area contributed by atoms with Gasteiger partial charge in [-0.15, -0.1) is 0 Å². The third-order valence-electron chi connectivity index (χ3n) is 3.80. The summed E-state index contributed by atoms with van der Waals surface area (Å²) in [6, 6.07) is 12.9. The van der Waals surface area contributed by atoms with E-state index in [0.29, 0.717) is 0 Å². The fourth-order valence-corrected chi connectivity index (χ4v) is 4.51. The van der Waals surface area contributed by atoms with E-state index in [4.69, 9.17) is 11.6 Å². The van der Waals surface area contributed by atoms with E-state index < -0.39 is 0 Å². The van der Waals surface area contributed by atoms with Gasteiger partial charge in [-0.25, -0.2) is 4.39 Å². The van der Waals surface area contributed by atoms with Gasteiger partial charge < -0.3 is 0 Å². The molecule has 0 nitrogen and oxygen atoms in total. The highest BCUT2D eigenvalue weighted by molar-refractivity contribution is 9.09. The van der Waals surface area contributed by atoms with Crippen LogP contribution in [0.3, 0.4) is 0 Å². The van der Waals surface area contributed by atoms with E-state index in [1.54, 1.807) is 6.07 Å². The summed E-state index contributed by atoms with van der Waals surface area (Å²) in [7, 11) is 0. The smallest absolute Gasteiger partial charge is 0.123 e. The van der Waals surface area contributed by atoms with Crippen molar-refractivity contribution in [3.8, 4) is 0 Å². The Labute approximate surface area is 147 Å². The lowest BCUT2D eigenvalue weighted by Gasteiger charge is -2.31. The van der Waals surface area contributed by atoms with Crippen LogP contribution < -0.4 is 0 Å². The van der Waals surface area contributed by atoms with Crippen molar-refractivity contribution in [3.63, 3.8) is 0 Å². The minimum atomic E-state index is -0.189. The van der Waals surface area contributed by atoms with Gasteiger partial charge in [0.1, 0.15) is 5.82 Å². The second-order valence-corrected chi connectivity index (χ2v) is 6.86. The molecule has 0 saturated carbocycles. The molecule has 21 heavy (non-hydrogen) atoms. The maximum Gasteiger partial charge on any atom is 0.123 e. The summed E-state index contributed by atoms with van der Waals surface area (Å²) in [5.74, 6) is -0.189. The summed E-state index contributed by atoms with van der Waals surface area (Å²) >= 11 is 13.3. The van der Waals surface area contributed by atoms with Gasteiger partial charge >= 0.3 is 0 Å². The Hall–Kier alpha value is -0.380. The Morgan fingerprint density at radius 2 is 1.67 bits per heavy atom. The summed E-state index contributed by atoms with van der Waals surface area (Å²) in [5.41, 5.74) is 3.26. The maximum atomic E-state index is 13.3. The second kappa shape index (κ2) is 7.26. The van der Waals surface area contributed by atoms with Crippen molar-refractivity contribution in [3.05, 3.63) is 70.0 Å². The van der Waals surface area contributed by atoms with Crippen LogP contribution in [0.2, 0.25) is 5.02 Å². The molecule has 0 aliphatic carbocycles. The van der Waals surface area contributed by atoms with Crippen LogP contribution in [0, 0.1) is 12.7 Å². The van der Waals surface area contributed by atoms with E-state index >= 15 is 0 Å². The van der Waals surface area contributed by atoms with Gasteiger partial charge in [0.25, 0.3) is 0 Å². The summed E-state index contributed by atoms with van der Waals surface area (Å²) in [6.07, 6.45) is 0.831. The number of hydrogen-bond acceptors (Lipinski definition) is 0. The zero-order chi connectivity index (χ0) is 15.5. The lowest BCUT2D eigenvalue weighted by molar-refractivity contribution is 0.547. The second-order valence-electron chi connectivity index (χ2n) is 5.30.